The van der Waals surface area contributed by atoms with Crippen molar-refractivity contribution in [2.24, 2.45) is 5.92 Å². The van der Waals surface area contributed by atoms with Gasteiger partial charge in [-0.15, -0.1) is 0 Å². The van der Waals surface area contributed by atoms with Crippen molar-refractivity contribution in [3.8, 4) is 5.75 Å². The summed E-state index contributed by atoms with van der Waals surface area (Å²) in [6.45, 7) is 0.313. The van der Waals surface area contributed by atoms with E-state index in [1.165, 1.54) is 11.1 Å². The number of carboxylic acid groups (broad SMARTS) is 2. The molecule has 1 aliphatic rings. The van der Waals surface area contributed by atoms with Crippen molar-refractivity contribution >= 4 is 46.2 Å². The number of carbonyl (C=O) groups is 2. The first-order valence-corrected chi connectivity index (χ1v) is 14.3. The van der Waals surface area contributed by atoms with E-state index in [9.17, 15) is 14.7 Å². The topological polar surface area (TPSA) is 96.7 Å². The third-order valence-corrected chi connectivity index (χ3v) is 8.75. The maximum absolute atomic E-state index is 11.8. The van der Waals surface area contributed by atoms with E-state index in [-0.39, 0.29) is 17.6 Å². The van der Waals surface area contributed by atoms with E-state index in [1.807, 2.05) is 48.5 Å². The van der Waals surface area contributed by atoms with Crippen molar-refractivity contribution in [3.05, 3.63) is 106 Å². The maximum atomic E-state index is 11.8. The van der Waals surface area contributed by atoms with Crippen LogP contribution >= 0.6 is 23.4 Å². The zero-order chi connectivity index (χ0) is 27.4. The van der Waals surface area contributed by atoms with Gasteiger partial charge < -0.3 is 14.9 Å². The van der Waals surface area contributed by atoms with Gasteiger partial charge in [0.1, 0.15) is 12.4 Å². The minimum Gasteiger partial charge on any atom is -0.487 e. The Morgan fingerprint density at radius 3 is 2.67 bits per heavy atom. The first kappa shape index (κ1) is 27.0. The molecule has 0 saturated heterocycles. The lowest BCUT2D eigenvalue weighted by Gasteiger charge is -2.21. The van der Waals surface area contributed by atoms with Crippen LogP contribution in [0.4, 0.5) is 0 Å². The summed E-state index contributed by atoms with van der Waals surface area (Å²) in [6.07, 6.45) is 2.17. The zero-order valence-corrected chi connectivity index (χ0v) is 22.8. The van der Waals surface area contributed by atoms with Gasteiger partial charge in [-0.1, -0.05) is 48.0 Å². The average Bonchev–Trinajstić information content (AvgIpc) is 3.25. The molecule has 2 atom stereocenters. The lowest BCUT2D eigenvalue weighted by molar-refractivity contribution is -0.137. The van der Waals surface area contributed by atoms with Crippen molar-refractivity contribution in [2.75, 3.05) is 5.75 Å². The molecule has 2 N–H and O–H groups in total. The molecule has 5 rings (SSSR count). The van der Waals surface area contributed by atoms with Crippen LogP contribution in [0.5, 0.6) is 5.75 Å². The summed E-state index contributed by atoms with van der Waals surface area (Å²) in [4.78, 5) is 27.5. The summed E-state index contributed by atoms with van der Waals surface area (Å²) in [5.41, 5.74) is 5.15. The van der Waals surface area contributed by atoms with Gasteiger partial charge in [0, 0.05) is 22.1 Å². The Morgan fingerprint density at radius 2 is 1.85 bits per heavy atom. The van der Waals surface area contributed by atoms with Gasteiger partial charge in [-0.2, -0.15) is 11.8 Å². The molecule has 1 aromatic heterocycles. The molecule has 4 aromatic rings. The molecule has 8 heteroatoms. The molecule has 0 saturated carbocycles. The number of benzene rings is 3. The van der Waals surface area contributed by atoms with E-state index in [0.717, 1.165) is 34.3 Å². The minimum absolute atomic E-state index is 0.111. The zero-order valence-electron chi connectivity index (χ0n) is 21.2. The largest absolute Gasteiger partial charge is 0.487 e. The van der Waals surface area contributed by atoms with Crippen LogP contribution in [0.2, 0.25) is 5.02 Å². The number of hydrogen-bond acceptors (Lipinski definition) is 5. The number of rotatable bonds is 11. The summed E-state index contributed by atoms with van der Waals surface area (Å²) < 4.78 is 6.15. The summed E-state index contributed by atoms with van der Waals surface area (Å²) >= 11 is 7.87. The number of aliphatic carboxylic acids is 1. The van der Waals surface area contributed by atoms with Gasteiger partial charge in [0.15, 0.2) is 0 Å². The van der Waals surface area contributed by atoms with Crippen molar-refractivity contribution in [1.82, 2.24) is 4.98 Å². The van der Waals surface area contributed by atoms with Crippen LogP contribution in [0.3, 0.4) is 0 Å². The van der Waals surface area contributed by atoms with Gasteiger partial charge in [-0.25, -0.2) is 9.78 Å². The van der Waals surface area contributed by atoms with Crippen molar-refractivity contribution in [3.63, 3.8) is 0 Å². The Hall–Kier alpha value is -3.55. The molecule has 0 bridgehead atoms. The number of pyridine rings is 1. The maximum Gasteiger partial charge on any atom is 0.335 e. The van der Waals surface area contributed by atoms with Gasteiger partial charge in [-0.3, -0.25) is 4.79 Å². The van der Waals surface area contributed by atoms with Gasteiger partial charge in [0.05, 0.1) is 16.8 Å². The highest BCUT2D eigenvalue weighted by Gasteiger charge is 2.34. The van der Waals surface area contributed by atoms with E-state index in [2.05, 4.69) is 17.1 Å². The van der Waals surface area contributed by atoms with E-state index in [0.29, 0.717) is 35.8 Å². The second-order valence-corrected chi connectivity index (χ2v) is 11.4. The number of nitrogens with zero attached hydrogens (tertiary/aromatic N) is 1. The molecule has 6 nitrogen and oxygen atoms in total. The molecule has 2 unspecified atom stereocenters. The second-order valence-electron chi connectivity index (χ2n) is 9.71. The quantitative estimate of drug-likeness (QED) is 0.187. The number of carboxylic acids is 2. The fourth-order valence-corrected chi connectivity index (χ4v) is 6.75. The number of ether oxygens (including phenoxy) is 1. The van der Waals surface area contributed by atoms with Gasteiger partial charge >= 0.3 is 11.9 Å². The van der Waals surface area contributed by atoms with Crippen molar-refractivity contribution in [2.45, 2.75) is 37.5 Å². The predicted molar refractivity (Wildman–Crippen MR) is 154 cm³/mol. The summed E-state index contributed by atoms with van der Waals surface area (Å²) in [7, 11) is 0. The number of halogens is 1. The second kappa shape index (κ2) is 12.1. The Labute approximate surface area is 236 Å². The number of fused-ring (bicyclic) bond motifs is 2. The number of thioether (sulfide) groups is 1. The van der Waals surface area contributed by atoms with Gasteiger partial charge in [0.25, 0.3) is 0 Å². The van der Waals surface area contributed by atoms with Crippen LogP contribution in [-0.4, -0.2) is 32.9 Å². The Morgan fingerprint density at radius 1 is 1.03 bits per heavy atom. The van der Waals surface area contributed by atoms with E-state index >= 15 is 0 Å². The standard InChI is InChI=1S/C31H28ClNO5S/c32-23-10-7-19-8-11-24(33-28(19)16-23)18-38-25-12-9-21-15-22(14-20-4-1-2-5-26(20)31(36)37)30(27(21)17-25)39-13-3-6-29(34)35/h1-2,4-5,7-12,16-17,22,30H,3,6,13-15,18H2,(H,34,35)(H,36,37). The molecular weight excluding hydrogens is 534 g/mol. The number of aromatic nitrogens is 1. The molecule has 39 heavy (non-hydrogen) atoms. The monoisotopic (exact) mass is 561 g/mol. The average molecular weight is 562 g/mol. The highest BCUT2D eigenvalue weighted by Crippen LogP contribution is 2.48. The molecule has 1 aliphatic carbocycles. The van der Waals surface area contributed by atoms with E-state index in [1.54, 1.807) is 23.9 Å². The Kier molecular flexibility index (Phi) is 8.38. The predicted octanol–water partition coefficient (Wildman–Crippen LogP) is 7.22. The van der Waals surface area contributed by atoms with Crippen LogP contribution in [0.1, 0.15) is 50.8 Å². The lowest BCUT2D eigenvalue weighted by atomic mass is 9.93. The normalized spacial score (nSPS) is 16.2. The summed E-state index contributed by atoms with van der Waals surface area (Å²) in [5, 5.41) is 20.5. The highest BCUT2D eigenvalue weighted by atomic mass is 35.5. The summed E-state index contributed by atoms with van der Waals surface area (Å²) in [6, 6.07) is 22.9. The third kappa shape index (κ3) is 6.54. The summed E-state index contributed by atoms with van der Waals surface area (Å²) in [5.74, 6) is -0.0779. The highest BCUT2D eigenvalue weighted by molar-refractivity contribution is 7.99. The molecule has 0 spiro atoms. The minimum atomic E-state index is -0.924. The molecule has 3 aromatic carbocycles. The number of hydrogen-bond donors (Lipinski definition) is 2. The van der Waals surface area contributed by atoms with E-state index < -0.39 is 11.9 Å². The molecule has 0 amide bonds. The smallest absolute Gasteiger partial charge is 0.335 e. The lowest BCUT2D eigenvalue weighted by Crippen LogP contribution is -2.12. The molecule has 0 aliphatic heterocycles. The Bertz CT molecular complexity index is 1520. The first-order chi connectivity index (χ1) is 18.9. The molecule has 0 radical (unpaired) electrons. The van der Waals surface area contributed by atoms with Gasteiger partial charge in [0.2, 0.25) is 0 Å². The van der Waals surface area contributed by atoms with Crippen LogP contribution in [0.15, 0.2) is 72.8 Å². The van der Waals surface area contributed by atoms with Crippen LogP contribution < -0.4 is 4.74 Å². The van der Waals surface area contributed by atoms with Crippen molar-refractivity contribution < 1.29 is 24.5 Å². The Balaban J connectivity index is 1.35. The van der Waals surface area contributed by atoms with Crippen LogP contribution in [0.25, 0.3) is 10.9 Å². The van der Waals surface area contributed by atoms with E-state index in [4.69, 9.17) is 21.4 Å². The van der Waals surface area contributed by atoms with Crippen molar-refractivity contribution in [1.29, 1.82) is 0 Å². The molecule has 200 valence electrons. The first-order valence-electron chi connectivity index (χ1n) is 12.8. The fraction of sp³-hybridized carbons (Fsp3) is 0.258. The SMILES string of the molecule is O=C(O)CCCSC1c2cc(OCc3ccc4ccc(Cl)cc4n3)ccc2CC1Cc1ccccc1C(=O)O. The molecule has 0 fully saturated rings. The van der Waals surface area contributed by atoms with Crippen LogP contribution in [0, 0.1) is 5.92 Å². The number of aromatic carboxylic acids is 1. The molecular formula is C31H28ClNO5S. The van der Waals surface area contributed by atoms with Gasteiger partial charge in [-0.05, 0) is 84.0 Å². The van der Waals surface area contributed by atoms with Crippen LogP contribution in [-0.2, 0) is 24.2 Å². The molecule has 1 heterocycles. The fourth-order valence-electron chi connectivity index (χ4n) is 5.16. The third-order valence-electron chi connectivity index (χ3n) is 6.99.